The van der Waals surface area contributed by atoms with Gasteiger partial charge < -0.3 is 5.11 Å². The fourth-order valence-corrected chi connectivity index (χ4v) is 3.45. The number of aliphatic hydroxyl groups is 1. The lowest BCUT2D eigenvalue weighted by Gasteiger charge is -2.42. The summed E-state index contributed by atoms with van der Waals surface area (Å²) in [5, 5.41) is 16.0. The van der Waals surface area contributed by atoms with Crippen molar-refractivity contribution in [3.05, 3.63) is 16.9 Å². The van der Waals surface area contributed by atoms with Crippen LogP contribution in [0, 0.1) is 11.8 Å². The average molecular weight is 271 g/mol. The maximum atomic E-state index is 11.1. The first-order chi connectivity index (χ1) is 8.50. The van der Waals surface area contributed by atoms with Crippen LogP contribution in [0.15, 0.2) is 6.20 Å². The molecule has 4 heteroatoms. The Morgan fingerprint density at radius 2 is 2.28 bits per heavy atom. The molecule has 2 rings (SSSR count). The van der Waals surface area contributed by atoms with E-state index in [4.69, 9.17) is 11.6 Å². The Balaban J connectivity index is 2.42. The van der Waals surface area contributed by atoms with Crippen LogP contribution in [0.5, 0.6) is 0 Å². The Labute approximate surface area is 114 Å². The molecular weight excluding hydrogens is 248 g/mol. The van der Waals surface area contributed by atoms with Gasteiger partial charge in [-0.1, -0.05) is 38.8 Å². The van der Waals surface area contributed by atoms with Gasteiger partial charge in [-0.25, -0.2) is 0 Å². The van der Waals surface area contributed by atoms with Crippen molar-refractivity contribution >= 4 is 11.6 Å². The summed E-state index contributed by atoms with van der Waals surface area (Å²) >= 11 is 6.27. The molecule has 1 aromatic rings. The van der Waals surface area contributed by atoms with Crippen molar-refractivity contribution in [3.8, 4) is 0 Å². The summed E-state index contributed by atoms with van der Waals surface area (Å²) in [5.74, 6) is 0.737. The second kappa shape index (κ2) is 5.22. The molecule has 1 saturated carbocycles. The van der Waals surface area contributed by atoms with E-state index < -0.39 is 5.60 Å². The summed E-state index contributed by atoms with van der Waals surface area (Å²) in [5.41, 5.74) is 0.00511. The molecule has 1 N–H and O–H groups in total. The first-order valence-corrected chi connectivity index (χ1v) is 7.32. The number of hydrogen-bond donors (Lipinski definition) is 1. The third kappa shape index (κ3) is 2.19. The second-order valence-corrected chi connectivity index (χ2v) is 6.05. The molecule has 1 aliphatic carbocycles. The molecule has 3 unspecified atom stereocenters. The van der Waals surface area contributed by atoms with E-state index in [0.717, 1.165) is 31.5 Å². The lowest BCUT2D eigenvalue weighted by atomic mass is 9.69. The zero-order valence-corrected chi connectivity index (χ0v) is 12.2. The topological polar surface area (TPSA) is 38.0 Å². The third-order valence-corrected chi connectivity index (χ3v) is 4.74. The fourth-order valence-electron chi connectivity index (χ4n) is 3.15. The molecule has 18 heavy (non-hydrogen) atoms. The molecule has 0 radical (unpaired) electrons. The van der Waals surface area contributed by atoms with Gasteiger partial charge in [0.2, 0.25) is 0 Å². The minimum Gasteiger partial charge on any atom is -0.383 e. The first kappa shape index (κ1) is 13.9. The molecule has 3 nitrogen and oxygen atoms in total. The molecule has 1 aromatic heterocycles. The zero-order chi connectivity index (χ0) is 13.3. The highest BCUT2D eigenvalue weighted by molar-refractivity contribution is 6.31. The van der Waals surface area contributed by atoms with Crippen molar-refractivity contribution in [1.82, 2.24) is 9.78 Å². The summed E-state index contributed by atoms with van der Waals surface area (Å²) in [6, 6.07) is 0. The van der Waals surface area contributed by atoms with Crippen LogP contribution >= 0.6 is 11.6 Å². The minimum absolute atomic E-state index is 0.219. The van der Waals surface area contributed by atoms with Gasteiger partial charge in [0.05, 0.1) is 16.9 Å². The standard InChI is InChI=1S/C14H23ClN2O/c1-4-8-17-13(12(15)9-16-17)14(18)7-5-6-10(2)11(14)3/h9-11,18H,4-8H2,1-3H3. The molecule has 0 bridgehead atoms. The number of rotatable bonds is 3. The summed E-state index contributed by atoms with van der Waals surface area (Å²) in [4.78, 5) is 0. The van der Waals surface area contributed by atoms with E-state index >= 15 is 0 Å². The summed E-state index contributed by atoms with van der Waals surface area (Å²) in [7, 11) is 0. The van der Waals surface area contributed by atoms with Crippen molar-refractivity contribution in [2.45, 2.75) is 58.6 Å². The molecule has 0 spiro atoms. The Morgan fingerprint density at radius 3 is 2.94 bits per heavy atom. The van der Waals surface area contributed by atoms with Gasteiger partial charge in [-0.3, -0.25) is 4.68 Å². The molecule has 102 valence electrons. The predicted octanol–water partition coefficient (Wildman–Crippen LogP) is 3.59. The first-order valence-electron chi connectivity index (χ1n) is 6.94. The Hall–Kier alpha value is -0.540. The van der Waals surface area contributed by atoms with Gasteiger partial charge in [0.25, 0.3) is 0 Å². The Morgan fingerprint density at radius 1 is 1.56 bits per heavy atom. The van der Waals surface area contributed by atoms with Crippen LogP contribution in [0.1, 0.15) is 52.1 Å². The van der Waals surface area contributed by atoms with Crippen molar-refractivity contribution in [3.63, 3.8) is 0 Å². The lowest BCUT2D eigenvalue weighted by molar-refractivity contribution is -0.0752. The number of halogens is 1. The van der Waals surface area contributed by atoms with Gasteiger partial charge in [-0.15, -0.1) is 0 Å². The van der Waals surface area contributed by atoms with E-state index in [-0.39, 0.29) is 5.92 Å². The highest BCUT2D eigenvalue weighted by Gasteiger charge is 2.44. The number of nitrogens with zero attached hydrogens (tertiary/aromatic N) is 2. The summed E-state index contributed by atoms with van der Waals surface area (Å²) in [6.45, 7) is 7.26. The van der Waals surface area contributed by atoms with Gasteiger partial charge in [0.1, 0.15) is 5.60 Å². The molecule has 3 atom stereocenters. The average Bonchev–Trinajstić information content (AvgIpc) is 2.69. The van der Waals surface area contributed by atoms with Crippen LogP contribution in [0.25, 0.3) is 0 Å². The Bertz CT molecular complexity index is 418. The van der Waals surface area contributed by atoms with Gasteiger partial charge >= 0.3 is 0 Å². The van der Waals surface area contributed by atoms with Gasteiger partial charge in [-0.2, -0.15) is 5.10 Å². The zero-order valence-electron chi connectivity index (χ0n) is 11.5. The predicted molar refractivity (Wildman–Crippen MR) is 73.6 cm³/mol. The van der Waals surface area contributed by atoms with E-state index in [1.165, 1.54) is 6.42 Å². The van der Waals surface area contributed by atoms with Crippen LogP contribution in [-0.2, 0) is 12.1 Å². The molecular formula is C14H23ClN2O. The van der Waals surface area contributed by atoms with E-state index in [2.05, 4.69) is 25.9 Å². The smallest absolute Gasteiger partial charge is 0.110 e. The summed E-state index contributed by atoms with van der Waals surface area (Å²) in [6.07, 6.45) is 5.67. The normalized spacial score (nSPS) is 32.7. The van der Waals surface area contributed by atoms with Crippen LogP contribution < -0.4 is 0 Å². The maximum absolute atomic E-state index is 11.1. The SMILES string of the molecule is CCCn1ncc(Cl)c1C1(O)CCCC(C)C1C. The maximum Gasteiger partial charge on any atom is 0.110 e. The van der Waals surface area contributed by atoms with Crippen molar-refractivity contribution in [2.24, 2.45) is 11.8 Å². The van der Waals surface area contributed by atoms with Crippen LogP contribution in [-0.4, -0.2) is 14.9 Å². The number of aromatic nitrogens is 2. The van der Waals surface area contributed by atoms with Crippen LogP contribution in [0.4, 0.5) is 0 Å². The highest BCUT2D eigenvalue weighted by Crippen LogP contribution is 2.46. The molecule has 1 aliphatic rings. The Kier molecular flexibility index (Phi) is 4.02. The largest absolute Gasteiger partial charge is 0.383 e. The molecule has 1 fully saturated rings. The van der Waals surface area contributed by atoms with Crippen molar-refractivity contribution < 1.29 is 5.11 Å². The van der Waals surface area contributed by atoms with Crippen LogP contribution in [0.3, 0.4) is 0 Å². The van der Waals surface area contributed by atoms with E-state index in [0.29, 0.717) is 10.9 Å². The van der Waals surface area contributed by atoms with Crippen molar-refractivity contribution in [1.29, 1.82) is 0 Å². The van der Waals surface area contributed by atoms with E-state index in [1.54, 1.807) is 6.20 Å². The highest BCUT2D eigenvalue weighted by atomic mass is 35.5. The van der Waals surface area contributed by atoms with Crippen molar-refractivity contribution in [2.75, 3.05) is 0 Å². The molecule has 0 saturated heterocycles. The third-order valence-electron chi connectivity index (χ3n) is 4.46. The number of hydrogen-bond acceptors (Lipinski definition) is 2. The molecule has 0 amide bonds. The lowest BCUT2D eigenvalue weighted by Crippen LogP contribution is -2.42. The van der Waals surface area contributed by atoms with Gasteiger partial charge in [0, 0.05) is 6.54 Å². The second-order valence-electron chi connectivity index (χ2n) is 5.65. The van der Waals surface area contributed by atoms with Gasteiger partial charge in [0.15, 0.2) is 0 Å². The molecule has 0 aliphatic heterocycles. The van der Waals surface area contributed by atoms with Crippen LogP contribution in [0.2, 0.25) is 5.02 Å². The fraction of sp³-hybridized carbons (Fsp3) is 0.786. The van der Waals surface area contributed by atoms with Gasteiger partial charge in [-0.05, 0) is 31.1 Å². The quantitative estimate of drug-likeness (QED) is 0.911. The minimum atomic E-state index is -0.819. The van der Waals surface area contributed by atoms with E-state index in [1.807, 2.05) is 4.68 Å². The molecule has 0 aromatic carbocycles. The molecule has 1 heterocycles. The summed E-state index contributed by atoms with van der Waals surface area (Å²) < 4.78 is 1.89. The monoisotopic (exact) mass is 270 g/mol. The van der Waals surface area contributed by atoms with E-state index in [9.17, 15) is 5.11 Å². The number of aryl methyl sites for hydroxylation is 1.